The predicted molar refractivity (Wildman–Crippen MR) is 108 cm³/mol. The molecule has 0 bridgehead atoms. The molecule has 0 aliphatic carbocycles. The Morgan fingerprint density at radius 1 is 1.22 bits per heavy atom. The lowest BCUT2D eigenvalue weighted by Gasteiger charge is -2.15. The van der Waals surface area contributed by atoms with Crippen molar-refractivity contribution >= 4 is 40.9 Å². The van der Waals surface area contributed by atoms with Crippen LogP contribution in [0.1, 0.15) is 28.8 Å². The van der Waals surface area contributed by atoms with E-state index in [0.29, 0.717) is 40.6 Å². The van der Waals surface area contributed by atoms with Crippen LogP contribution in [-0.2, 0) is 10.5 Å². The lowest BCUT2D eigenvalue weighted by molar-refractivity contribution is -0.117. The molecule has 27 heavy (non-hydrogen) atoms. The number of nitrogens with one attached hydrogen (secondary N) is 1. The molecule has 1 saturated heterocycles. The Morgan fingerprint density at radius 3 is 2.67 bits per heavy atom. The first kappa shape index (κ1) is 19.7. The molecule has 0 atom stereocenters. The molecule has 0 radical (unpaired) electrons. The second-order valence-corrected chi connectivity index (χ2v) is 7.72. The number of thioether (sulfide) groups is 1. The summed E-state index contributed by atoms with van der Waals surface area (Å²) in [6.45, 7) is 1.20. The van der Waals surface area contributed by atoms with E-state index in [4.69, 9.17) is 11.6 Å². The van der Waals surface area contributed by atoms with Crippen LogP contribution < -0.4 is 10.2 Å². The highest BCUT2D eigenvalue weighted by Crippen LogP contribution is 2.24. The van der Waals surface area contributed by atoms with Gasteiger partial charge in [0.25, 0.3) is 5.91 Å². The van der Waals surface area contributed by atoms with Gasteiger partial charge >= 0.3 is 0 Å². The van der Waals surface area contributed by atoms with Crippen molar-refractivity contribution in [1.82, 2.24) is 5.32 Å². The maximum Gasteiger partial charge on any atom is 0.251 e. The molecule has 2 aromatic carbocycles. The summed E-state index contributed by atoms with van der Waals surface area (Å²) >= 11 is 7.50. The Balaban J connectivity index is 1.43. The van der Waals surface area contributed by atoms with E-state index in [1.165, 1.54) is 17.8 Å². The Morgan fingerprint density at radius 2 is 2.00 bits per heavy atom. The molecule has 2 amide bonds. The van der Waals surface area contributed by atoms with E-state index in [2.05, 4.69) is 5.32 Å². The van der Waals surface area contributed by atoms with Crippen LogP contribution in [0.25, 0.3) is 0 Å². The van der Waals surface area contributed by atoms with Gasteiger partial charge in [-0.2, -0.15) is 11.8 Å². The van der Waals surface area contributed by atoms with Gasteiger partial charge in [-0.3, -0.25) is 9.59 Å². The van der Waals surface area contributed by atoms with Crippen LogP contribution in [0.2, 0.25) is 5.02 Å². The summed E-state index contributed by atoms with van der Waals surface area (Å²) in [5, 5.41) is 3.26. The summed E-state index contributed by atoms with van der Waals surface area (Å²) in [5.74, 6) is 0.755. The predicted octanol–water partition coefficient (Wildman–Crippen LogP) is 4.27. The minimum atomic E-state index is -0.310. The molecule has 142 valence electrons. The van der Waals surface area contributed by atoms with Crippen molar-refractivity contribution in [2.75, 3.05) is 23.7 Å². The quantitative estimate of drug-likeness (QED) is 0.698. The fraction of sp³-hybridized carbons (Fsp3) is 0.300. The normalized spacial score (nSPS) is 13.9. The zero-order valence-electron chi connectivity index (χ0n) is 14.7. The summed E-state index contributed by atoms with van der Waals surface area (Å²) < 4.78 is 13.7. The smallest absolute Gasteiger partial charge is 0.251 e. The molecular weight excluding hydrogens is 387 g/mol. The Kier molecular flexibility index (Phi) is 6.74. The highest BCUT2D eigenvalue weighted by molar-refractivity contribution is 7.98. The van der Waals surface area contributed by atoms with Gasteiger partial charge in [0.1, 0.15) is 5.82 Å². The van der Waals surface area contributed by atoms with E-state index in [0.717, 1.165) is 18.7 Å². The third-order valence-corrected chi connectivity index (χ3v) is 5.69. The Hall–Kier alpha value is -2.05. The van der Waals surface area contributed by atoms with Gasteiger partial charge in [0.15, 0.2) is 0 Å². The Labute approximate surface area is 167 Å². The van der Waals surface area contributed by atoms with E-state index < -0.39 is 0 Å². The van der Waals surface area contributed by atoms with Gasteiger partial charge in [-0.15, -0.1) is 0 Å². The minimum Gasteiger partial charge on any atom is -0.351 e. The van der Waals surface area contributed by atoms with Crippen LogP contribution in [0, 0.1) is 5.82 Å². The van der Waals surface area contributed by atoms with Crippen LogP contribution in [-0.4, -0.2) is 30.7 Å². The van der Waals surface area contributed by atoms with E-state index >= 15 is 0 Å². The molecule has 1 N–H and O–H groups in total. The number of benzene rings is 2. The number of hydrogen-bond acceptors (Lipinski definition) is 3. The highest BCUT2D eigenvalue weighted by Gasteiger charge is 2.21. The first-order valence-corrected chi connectivity index (χ1v) is 10.3. The molecule has 3 rings (SSSR count). The van der Waals surface area contributed by atoms with Crippen LogP contribution in [0.5, 0.6) is 0 Å². The molecule has 1 heterocycles. The van der Waals surface area contributed by atoms with E-state index in [-0.39, 0.29) is 17.6 Å². The zero-order valence-corrected chi connectivity index (χ0v) is 16.3. The number of anilines is 1. The number of amides is 2. The highest BCUT2D eigenvalue weighted by atomic mass is 35.5. The molecule has 1 fully saturated rings. The van der Waals surface area contributed by atoms with Crippen LogP contribution in [0.4, 0.5) is 10.1 Å². The average molecular weight is 407 g/mol. The standard InChI is InChI=1S/C20H20ClFN2O2S/c21-17-3-1-4-18(22)16(17)13-27-12-10-23-20(26)14-6-8-15(9-7-14)24-11-2-5-19(24)25/h1,3-4,6-9H,2,5,10-13H2,(H,23,26). The van der Waals surface area contributed by atoms with Crippen LogP contribution in [0.15, 0.2) is 42.5 Å². The molecule has 0 unspecified atom stereocenters. The van der Waals surface area contributed by atoms with Crippen molar-refractivity contribution in [3.63, 3.8) is 0 Å². The van der Waals surface area contributed by atoms with Crippen molar-refractivity contribution in [2.45, 2.75) is 18.6 Å². The molecular formula is C20H20ClFN2O2S. The molecule has 7 heteroatoms. The minimum absolute atomic E-state index is 0.124. The lowest BCUT2D eigenvalue weighted by atomic mass is 10.2. The molecule has 1 aliphatic heterocycles. The molecule has 0 saturated carbocycles. The van der Waals surface area contributed by atoms with Gasteiger partial charge < -0.3 is 10.2 Å². The molecule has 4 nitrogen and oxygen atoms in total. The van der Waals surface area contributed by atoms with Crippen molar-refractivity contribution in [1.29, 1.82) is 0 Å². The summed E-state index contributed by atoms with van der Waals surface area (Å²) in [5.41, 5.74) is 1.86. The van der Waals surface area contributed by atoms with Crippen LogP contribution >= 0.6 is 23.4 Å². The fourth-order valence-electron chi connectivity index (χ4n) is 2.90. The maximum absolute atomic E-state index is 13.7. The summed E-state index contributed by atoms with van der Waals surface area (Å²) in [4.78, 5) is 25.7. The second kappa shape index (κ2) is 9.24. The van der Waals surface area contributed by atoms with Gasteiger partial charge in [0, 0.05) is 52.9 Å². The number of halogens is 2. The zero-order chi connectivity index (χ0) is 19.2. The van der Waals surface area contributed by atoms with Crippen molar-refractivity contribution in [2.24, 2.45) is 0 Å². The van der Waals surface area contributed by atoms with Crippen molar-refractivity contribution in [3.8, 4) is 0 Å². The average Bonchev–Trinajstić information content (AvgIpc) is 3.09. The maximum atomic E-state index is 13.7. The third kappa shape index (κ3) is 5.02. The fourth-order valence-corrected chi connectivity index (χ4v) is 4.09. The monoisotopic (exact) mass is 406 g/mol. The summed E-state index contributed by atoms with van der Waals surface area (Å²) in [6, 6.07) is 11.7. The molecule has 1 aliphatic rings. The number of nitrogens with zero attached hydrogens (tertiary/aromatic N) is 1. The van der Waals surface area contributed by atoms with Crippen LogP contribution in [0.3, 0.4) is 0 Å². The van der Waals surface area contributed by atoms with E-state index in [1.54, 1.807) is 41.3 Å². The Bertz CT molecular complexity index is 809. The molecule has 0 aromatic heterocycles. The van der Waals surface area contributed by atoms with Crippen molar-refractivity contribution in [3.05, 3.63) is 64.4 Å². The summed E-state index contributed by atoms with van der Waals surface area (Å²) in [7, 11) is 0. The largest absolute Gasteiger partial charge is 0.351 e. The van der Waals surface area contributed by atoms with Gasteiger partial charge in [0.05, 0.1) is 0 Å². The van der Waals surface area contributed by atoms with E-state index in [1.807, 2.05) is 0 Å². The molecule has 0 spiro atoms. The number of rotatable bonds is 7. The second-order valence-electron chi connectivity index (χ2n) is 6.20. The van der Waals surface area contributed by atoms with E-state index in [9.17, 15) is 14.0 Å². The SMILES string of the molecule is O=C(NCCSCc1c(F)cccc1Cl)c1ccc(N2CCCC2=O)cc1. The first-order valence-electron chi connectivity index (χ1n) is 8.75. The lowest BCUT2D eigenvalue weighted by Crippen LogP contribution is -2.26. The summed E-state index contributed by atoms with van der Waals surface area (Å²) in [6.07, 6.45) is 1.45. The molecule has 2 aromatic rings. The van der Waals surface area contributed by atoms with Gasteiger partial charge in [-0.1, -0.05) is 17.7 Å². The first-order chi connectivity index (χ1) is 13.1. The van der Waals surface area contributed by atoms with Crippen molar-refractivity contribution < 1.29 is 14.0 Å². The number of carbonyl (C=O) groups is 2. The van der Waals surface area contributed by atoms with Gasteiger partial charge in [-0.25, -0.2) is 4.39 Å². The third-order valence-electron chi connectivity index (χ3n) is 4.35. The van der Waals surface area contributed by atoms with Gasteiger partial charge in [0.2, 0.25) is 5.91 Å². The number of carbonyl (C=O) groups excluding carboxylic acids is 2. The number of hydrogen-bond donors (Lipinski definition) is 1. The van der Waals surface area contributed by atoms with Gasteiger partial charge in [-0.05, 0) is 42.8 Å². The topological polar surface area (TPSA) is 49.4 Å².